The van der Waals surface area contributed by atoms with Gasteiger partial charge in [0, 0.05) is 36.8 Å². The van der Waals surface area contributed by atoms with Gasteiger partial charge in [-0.25, -0.2) is 8.42 Å². The maximum absolute atomic E-state index is 11.8. The van der Waals surface area contributed by atoms with Crippen LogP contribution in [0.2, 0.25) is 0 Å². The van der Waals surface area contributed by atoms with E-state index in [1.54, 1.807) is 11.8 Å². The van der Waals surface area contributed by atoms with E-state index in [0.29, 0.717) is 17.2 Å². The van der Waals surface area contributed by atoms with Gasteiger partial charge in [0.15, 0.2) is 9.84 Å². The predicted molar refractivity (Wildman–Crippen MR) is 78.1 cm³/mol. The molecule has 2 unspecified atom stereocenters. The molecule has 0 aliphatic carbocycles. The number of nitrogens with zero attached hydrogens (tertiary/aromatic N) is 1. The van der Waals surface area contributed by atoms with Crippen LogP contribution < -0.4 is 5.73 Å². The Balaban J connectivity index is 2.86. The molecule has 1 rings (SSSR count). The minimum atomic E-state index is -3.04. The van der Waals surface area contributed by atoms with Crippen LogP contribution in [0.15, 0.2) is 0 Å². The van der Waals surface area contributed by atoms with Crippen molar-refractivity contribution in [3.63, 3.8) is 0 Å². The Morgan fingerprint density at radius 2 is 2.29 bits per heavy atom. The highest BCUT2D eigenvalue weighted by molar-refractivity contribution is 8.00. The van der Waals surface area contributed by atoms with Crippen molar-refractivity contribution >= 4 is 38.8 Å². The molecule has 2 atom stereocenters. The highest BCUT2D eigenvalue weighted by Crippen LogP contribution is 2.24. The van der Waals surface area contributed by atoms with Gasteiger partial charge in [0.2, 0.25) is 0 Å². The number of thiocarbonyl (C=S) groups is 1. The van der Waals surface area contributed by atoms with Crippen molar-refractivity contribution in [3.05, 3.63) is 0 Å². The van der Waals surface area contributed by atoms with Gasteiger partial charge in [0.1, 0.15) is 5.37 Å². The molecule has 1 saturated heterocycles. The van der Waals surface area contributed by atoms with Crippen molar-refractivity contribution in [1.82, 2.24) is 4.90 Å². The summed E-state index contributed by atoms with van der Waals surface area (Å²) >= 11 is 6.63. The van der Waals surface area contributed by atoms with Crippen molar-refractivity contribution < 1.29 is 8.42 Å². The molecule has 0 radical (unpaired) electrons. The summed E-state index contributed by atoms with van der Waals surface area (Å²) in [5.74, 6) is 1.62. The summed E-state index contributed by atoms with van der Waals surface area (Å²) in [4.78, 5) is 2.52. The van der Waals surface area contributed by atoms with Crippen LogP contribution in [-0.4, -0.2) is 54.0 Å². The van der Waals surface area contributed by atoms with Crippen LogP contribution in [0.3, 0.4) is 0 Å². The Morgan fingerprint density at radius 1 is 1.65 bits per heavy atom. The average molecular weight is 296 g/mol. The van der Waals surface area contributed by atoms with Crippen LogP contribution in [-0.2, 0) is 9.84 Å². The third kappa shape index (κ3) is 4.39. The zero-order chi connectivity index (χ0) is 13.1. The molecule has 4 nitrogen and oxygen atoms in total. The van der Waals surface area contributed by atoms with Crippen molar-refractivity contribution in [2.24, 2.45) is 5.73 Å². The van der Waals surface area contributed by atoms with E-state index in [1.807, 2.05) is 6.92 Å². The maximum Gasteiger partial charge on any atom is 0.164 e. The lowest BCUT2D eigenvalue weighted by atomic mass is 10.1. The smallest absolute Gasteiger partial charge is 0.164 e. The second kappa shape index (κ2) is 6.36. The van der Waals surface area contributed by atoms with E-state index in [4.69, 9.17) is 18.0 Å². The van der Waals surface area contributed by atoms with E-state index in [-0.39, 0.29) is 11.4 Å². The van der Waals surface area contributed by atoms with Gasteiger partial charge in [0.25, 0.3) is 0 Å². The molecule has 0 bridgehead atoms. The fraction of sp³-hybridized carbons (Fsp3) is 0.900. The first kappa shape index (κ1) is 15.2. The second-order valence-electron chi connectivity index (χ2n) is 4.33. The first-order valence-electron chi connectivity index (χ1n) is 5.67. The normalized spacial score (nSPS) is 24.5. The van der Waals surface area contributed by atoms with Gasteiger partial charge in [-0.2, -0.15) is 11.8 Å². The van der Waals surface area contributed by atoms with Gasteiger partial charge in [-0.3, -0.25) is 4.90 Å². The summed E-state index contributed by atoms with van der Waals surface area (Å²) < 4.78 is 23.6. The molecule has 0 spiro atoms. The Kier molecular flexibility index (Phi) is 5.69. The summed E-state index contributed by atoms with van der Waals surface area (Å²) in [6.07, 6.45) is 2.78. The third-order valence-corrected chi connectivity index (χ3v) is 5.82. The first-order valence-corrected chi connectivity index (χ1v) is 9.18. The molecule has 0 aromatic rings. The van der Waals surface area contributed by atoms with Gasteiger partial charge < -0.3 is 5.73 Å². The molecule has 0 aromatic heterocycles. The van der Waals surface area contributed by atoms with Crippen LogP contribution >= 0.6 is 24.0 Å². The molecular formula is C10H20N2O2S3. The van der Waals surface area contributed by atoms with Gasteiger partial charge in [0.05, 0.1) is 4.99 Å². The van der Waals surface area contributed by atoms with E-state index >= 15 is 0 Å². The topological polar surface area (TPSA) is 63.4 Å². The zero-order valence-electron chi connectivity index (χ0n) is 10.3. The lowest BCUT2D eigenvalue weighted by Crippen LogP contribution is -2.52. The minimum Gasteiger partial charge on any atom is -0.393 e. The number of nitrogens with two attached hydrogens (primary N) is 1. The minimum absolute atomic E-state index is 0.146. The van der Waals surface area contributed by atoms with E-state index in [2.05, 4.69) is 4.90 Å². The summed E-state index contributed by atoms with van der Waals surface area (Å²) in [6.45, 7) is 2.84. The summed E-state index contributed by atoms with van der Waals surface area (Å²) in [6, 6.07) is 0.146. The van der Waals surface area contributed by atoms with Crippen LogP contribution in [0.1, 0.15) is 19.8 Å². The molecule has 1 aliphatic rings. The Morgan fingerprint density at radius 3 is 2.76 bits per heavy atom. The summed E-state index contributed by atoms with van der Waals surface area (Å²) in [5.41, 5.74) is 5.58. The molecule has 0 amide bonds. The fourth-order valence-electron chi connectivity index (χ4n) is 2.11. The van der Waals surface area contributed by atoms with Crippen molar-refractivity contribution in [2.75, 3.05) is 24.3 Å². The predicted octanol–water partition coefficient (Wildman–Crippen LogP) is 0.861. The standard InChI is InChI=1S/C10H20N2O2S3/c1-3-8(6-9(11)15)12-4-5-16-7-10(12)17(2,13)14/h8,10H,3-7H2,1-2H3,(H2,11,15). The molecule has 100 valence electrons. The largest absolute Gasteiger partial charge is 0.393 e. The Labute approximate surface area is 113 Å². The molecular weight excluding hydrogens is 276 g/mol. The van der Waals surface area contributed by atoms with Gasteiger partial charge in [-0.1, -0.05) is 19.1 Å². The van der Waals surface area contributed by atoms with Crippen molar-refractivity contribution in [3.8, 4) is 0 Å². The van der Waals surface area contributed by atoms with Crippen molar-refractivity contribution in [2.45, 2.75) is 31.2 Å². The molecule has 1 fully saturated rings. The van der Waals surface area contributed by atoms with Crippen molar-refractivity contribution in [1.29, 1.82) is 0 Å². The number of thioether (sulfide) groups is 1. The molecule has 0 aromatic carbocycles. The average Bonchev–Trinajstić information content (AvgIpc) is 2.24. The van der Waals surface area contributed by atoms with Crippen LogP contribution in [0, 0.1) is 0 Å². The fourth-order valence-corrected chi connectivity index (χ4v) is 5.25. The number of rotatable bonds is 5. The number of hydrogen-bond acceptors (Lipinski definition) is 5. The molecule has 17 heavy (non-hydrogen) atoms. The molecule has 1 heterocycles. The number of hydrogen-bond donors (Lipinski definition) is 1. The van der Waals surface area contributed by atoms with Gasteiger partial charge >= 0.3 is 0 Å². The van der Waals surface area contributed by atoms with Crippen LogP contribution in [0.5, 0.6) is 0 Å². The Bertz CT molecular complexity index is 370. The lowest BCUT2D eigenvalue weighted by molar-refractivity contribution is 0.191. The van der Waals surface area contributed by atoms with Gasteiger partial charge in [-0.15, -0.1) is 0 Å². The number of sulfone groups is 1. The molecule has 2 N–H and O–H groups in total. The van der Waals surface area contributed by atoms with E-state index in [9.17, 15) is 8.42 Å². The monoisotopic (exact) mass is 296 g/mol. The second-order valence-corrected chi connectivity index (χ2v) is 8.21. The van der Waals surface area contributed by atoms with Gasteiger partial charge in [-0.05, 0) is 6.42 Å². The van der Waals surface area contributed by atoms with E-state index in [0.717, 1.165) is 18.7 Å². The van der Waals surface area contributed by atoms with Crippen LogP contribution in [0.4, 0.5) is 0 Å². The Hall–Kier alpha value is 0.150. The molecule has 0 saturated carbocycles. The highest BCUT2D eigenvalue weighted by atomic mass is 32.2. The van der Waals surface area contributed by atoms with E-state index < -0.39 is 9.84 Å². The van der Waals surface area contributed by atoms with E-state index in [1.165, 1.54) is 6.26 Å². The van der Waals surface area contributed by atoms with Crippen LogP contribution in [0.25, 0.3) is 0 Å². The highest BCUT2D eigenvalue weighted by Gasteiger charge is 2.34. The lowest BCUT2D eigenvalue weighted by Gasteiger charge is -2.39. The maximum atomic E-state index is 11.8. The quantitative estimate of drug-likeness (QED) is 0.759. The zero-order valence-corrected chi connectivity index (χ0v) is 12.7. The third-order valence-electron chi connectivity index (χ3n) is 3.00. The molecule has 7 heteroatoms. The molecule has 1 aliphatic heterocycles. The SMILES string of the molecule is CCC(CC(N)=S)N1CCSCC1S(C)(=O)=O. The summed E-state index contributed by atoms with van der Waals surface area (Å²) in [5, 5.41) is -0.388. The first-order chi connectivity index (χ1) is 7.86. The summed E-state index contributed by atoms with van der Waals surface area (Å²) in [7, 11) is -3.04.